The average molecular weight is 304 g/mol. The number of halogens is 1. The molecule has 1 amide bonds. The highest BCUT2D eigenvalue weighted by atomic mass is 35.5. The van der Waals surface area contributed by atoms with E-state index in [4.69, 9.17) is 11.6 Å². The molecule has 0 aliphatic carbocycles. The summed E-state index contributed by atoms with van der Waals surface area (Å²) in [5.41, 5.74) is 2.29. The zero-order valence-corrected chi connectivity index (χ0v) is 13.1. The summed E-state index contributed by atoms with van der Waals surface area (Å²) in [6, 6.07) is 7.26. The van der Waals surface area contributed by atoms with Crippen LogP contribution in [0.3, 0.4) is 0 Å². The van der Waals surface area contributed by atoms with E-state index in [-0.39, 0.29) is 11.9 Å². The van der Waals surface area contributed by atoms with Crippen LogP contribution in [0.25, 0.3) is 0 Å². The molecule has 0 aliphatic heterocycles. The highest BCUT2D eigenvalue weighted by Crippen LogP contribution is 2.16. The number of amides is 1. The number of rotatable bonds is 4. The molecule has 0 saturated carbocycles. The van der Waals surface area contributed by atoms with Crippen LogP contribution >= 0.6 is 11.6 Å². The predicted molar refractivity (Wildman–Crippen MR) is 83.2 cm³/mol. The number of aryl methyl sites for hydroxylation is 1. The fourth-order valence-corrected chi connectivity index (χ4v) is 2.35. The monoisotopic (exact) mass is 303 g/mol. The number of pyridine rings is 2. The Morgan fingerprint density at radius 2 is 2.14 bits per heavy atom. The van der Waals surface area contributed by atoms with Gasteiger partial charge in [0, 0.05) is 36.2 Å². The molecule has 2 heterocycles. The van der Waals surface area contributed by atoms with Crippen LogP contribution in [0, 0.1) is 6.92 Å². The highest BCUT2D eigenvalue weighted by Gasteiger charge is 2.20. The van der Waals surface area contributed by atoms with E-state index in [9.17, 15) is 4.79 Å². The second-order valence-corrected chi connectivity index (χ2v) is 5.60. The Labute approximate surface area is 129 Å². The Morgan fingerprint density at radius 1 is 1.38 bits per heavy atom. The molecule has 5 heteroatoms. The number of aromatic nitrogens is 2. The zero-order chi connectivity index (χ0) is 15.4. The second-order valence-electron chi connectivity index (χ2n) is 5.21. The van der Waals surface area contributed by atoms with Gasteiger partial charge < -0.3 is 4.90 Å². The smallest absolute Gasteiger partial charge is 0.254 e. The normalized spacial score (nSPS) is 10.7. The van der Waals surface area contributed by atoms with Crippen LogP contribution in [-0.2, 0) is 6.54 Å². The van der Waals surface area contributed by atoms with Gasteiger partial charge in [-0.15, -0.1) is 0 Å². The lowest BCUT2D eigenvalue weighted by molar-refractivity contribution is 0.0690. The Bertz CT molecular complexity index is 608. The van der Waals surface area contributed by atoms with Crippen molar-refractivity contribution in [1.82, 2.24) is 14.9 Å². The highest BCUT2D eigenvalue weighted by molar-refractivity contribution is 6.29. The van der Waals surface area contributed by atoms with Crippen LogP contribution in [0.15, 0.2) is 36.7 Å². The van der Waals surface area contributed by atoms with E-state index in [1.165, 1.54) is 0 Å². The van der Waals surface area contributed by atoms with Gasteiger partial charge in [-0.2, -0.15) is 0 Å². The quantitative estimate of drug-likeness (QED) is 0.812. The molecular weight excluding hydrogens is 286 g/mol. The van der Waals surface area contributed by atoms with Crippen molar-refractivity contribution in [3.8, 4) is 0 Å². The molecule has 0 N–H and O–H groups in total. The molecule has 0 aliphatic rings. The van der Waals surface area contributed by atoms with Crippen molar-refractivity contribution in [2.45, 2.75) is 33.4 Å². The predicted octanol–water partition coefficient (Wildman–Crippen LogP) is 3.49. The third-order valence-electron chi connectivity index (χ3n) is 3.13. The van der Waals surface area contributed by atoms with Crippen LogP contribution in [0.2, 0.25) is 5.15 Å². The number of nitrogens with zero attached hydrogens (tertiary/aromatic N) is 3. The second kappa shape index (κ2) is 6.68. The standard InChI is InChI=1S/C16H18ClN3O/c1-11(2)20(10-13-5-4-6-18-9-13)16(21)14-7-12(3)19-15(17)8-14/h4-9,11H,10H2,1-3H3. The number of hydrogen-bond acceptors (Lipinski definition) is 3. The fourth-order valence-electron chi connectivity index (χ4n) is 2.09. The molecule has 0 spiro atoms. The molecule has 2 aromatic heterocycles. The lowest BCUT2D eigenvalue weighted by Gasteiger charge is -2.27. The van der Waals surface area contributed by atoms with E-state index in [1.807, 2.05) is 32.9 Å². The van der Waals surface area contributed by atoms with Crippen molar-refractivity contribution in [1.29, 1.82) is 0 Å². The van der Waals surface area contributed by atoms with Crippen molar-refractivity contribution >= 4 is 17.5 Å². The van der Waals surface area contributed by atoms with E-state index >= 15 is 0 Å². The van der Waals surface area contributed by atoms with Crippen LogP contribution in [-0.4, -0.2) is 26.8 Å². The van der Waals surface area contributed by atoms with Gasteiger partial charge in [-0.3, -0.25) is 9.78 Å². The van der Waals surface area contributed by atoms with Crippen molar-refractivity contribution < 1.29 is 4.79 Å². The Morgan fingerprint density at radius 3 is 2.71 bits per heavy atom. The molecule has 0 aromatic carbocycles. The molecule has 21 heavy (non-hydrogen) atoms. The molecule has 0 radical (unpaired) electrons. The van der Waals surface area contributed by atoms with E-state index in [0.29, 0.717) is 17.3 Å². The molecule has 4 nitrogen and oxygen atoms in total. The van der Waals surface area contributed by atoms with Gasteiger partial charge >= 0.3 is 0 Å². The van der Waals surface area contributed by atoms with Crippen LogP contribution in [0.1, 0.15) is 35.5 Å². The van der Waals surface area contributed by atoms with E-state index in [2.05, 4.69) is 9.97 Å². The molecule has 0 fully saturated rings. The van der Waals surface area contributed by atoms with Gasteiger partial charge in [0.15, 0.2) is 0 Å². The number of carbonyl (C=O) groups is 1. The van der Waals surface area contributed by atoms with Crippen LogP contribution in [0.5, 0.6) is 0 Å². The third kappa shape index (κ3) is 4.02. The van der Waals surface area contributed by atoms with Gasteiger partial charge in [-0.25, -0.2) is 4.98 Å². The van der Waals surface area contributed by atoms with Crippen molar-refractivity contribution in [3.05, 3.63) is 58.6 Å². The Hall–Kier alpha value is -1.94. The Kier molecular flexibility index (Phi) is 4.91. The minimum absolute atomic E-state index is 0.0544. The van der Waals surface area contributed by atoms with Gasteiger partial charge in [0.25, 0.3) is 5.91 Å². The minimum Gasteiger partial charge on any atom is -0.332 e. The van der Waals surface area contributed by atoms with E-state index < -0.39 is 0 Å². The SMILES string of the molecule is Cc1cc(C(=O)N(Cc2cccnc2)C(C)C)cc(Cl)n1. The first kappa shape index (κ1) is 15.4. The maximum atomic E-state index is 12.7. The summed E-state index contributed by atoms with van der Waals surface area (Å²) in [5, 5.41) is 0.337. The topological polar surface area (TPSA) is 46.1 Å². The van der Waals surface area contributed by atoms with Crippen molar-refractivity contribution in [2.24, 2.45) is 0 Å². The van der Waals surface area contributed by atoms with Gasteiger partial charge in [-0.05, 0) is 44.5 Å². The number of hydrogen-bond donors (Lipinski definition) is 0. The van der Waals surface area contributed by atoms with E-state index in [1.54, 1.807) is 29.4 Å². The first-order chi connectivity index (χ1) is 9.97. The van der Waals surface area contributed by atoms with Crippen molar-refractivity contribution in [2.75, 3.05) is 0 Å². The van der Waals surface area contributed by atoms with Gasteiger partial charge in [0.2, 0.25) is 0 Å². The molecule has 2 aromatic rings. The summed E-state index contributed by atoms with van der Waals surface area (Å²) in [5.74, 6) is -0.0544. The largest absolute Gasteiger partial charge is 0.332 e. The fraction of sp³-hybridized carbons (Fsp3) is 0.312. The van der Waals surface area contributed by atoms with Gasteiger partial charge in [-0.1, -0.05) is 17.7 Å². The summed E-state index contributed by atoms with van der Waals surface area (Å²) in [6.07, 6.45) is 3.49. The molecule has 0 saturated heterocycles. The number of carbonyl (C=O) groups excluding carboxylic acids is 1. The van der Waals surface area contributed by atoms with Gasteiger partial charge in [0.1, 0.15) is 5.15 Å². The van der Waals surface area contributed by atoms with Crippen LogP contribution in [0.4, 0.5) is 0 Å². The lowest BCUT2D eigenvalue weighted by atomic mass is 10.1. The molecular formula is C16H18ClN3O. The minimum atomic E-state index is -0.0544. The summed E-state index contributed by atoms with van der Waals surface area (Å²) >= 11 is 5.95. The molecule has 2 rings (SSSR count). The molecule has 110 valence electrons. The average Bonchev–Trinajstić information content (AvgIpc) is 2.44. The third-order valence-corrected chi connectivity index (χ3v) is 3.32. The summed E-state index contributed by atoms with van der Waals surface area (Å²) in [7, 11) is 0. The first-order valence-electron chi connectivity index (χ1n) is 6.81. The maximum absolute atomic E-state index is 12.7. The molecule has 0 bridgehead atoms. The summed E-state index contributed by atoms with van der Waals surface area (Å²) in [4.78, 5) is 22.7. The van der Waals surface area contributed by atoms with E-state index in [0.717, 1.165) is 11.3 Å². The molecule has 0 atom stereocenters. The van der Waals surface area contributed by atoms with Crippen molar-refractivity contribution in [3.63, 3.8) is 0 Å². The Balaban J connectivity index is 2.27. The molecule has 0 unspecified atom stereocenters. The summed E-state index contributed by atoms with van der Waals surface area (Å²) < 4.78 is 0. The van der Waals surface area contributed by atoms with Crippen LogP contribution < -0.4 is 0 Å². The maximum Gasteiger partial charge on any atom is 0.254 e. The summed E-state index contributed by atoms with van der Waals surface area (Å²) in [6.45, 7) is 6.32. The lowest BCUT2D eigenvalue weighted by Crippen LogP contribution is -2.36. The zero-order valence-electron chi connectivity index (χ0n) is 12.4. The first-order valence-corrected chi connectivity index (χ1v) is 7.19. The van der Waals surface area contributed by atoms with Gasteiger partial charge in [0.05, 0.1) is 0 Å².